The number of hydrogen-bond donors (Lipinski definition) is 3. The van der Waals surface area contributed by atoms with Gasteiger partial charge in [0.05, 0.1) is 5.75 Å². The average molecular weight is 295 g/mol. The molecule has 7 heteroatoms. The fourth-order valence-corrected chi connectivity index (χ4v) is 2.39. The van der Waals surface area contributed by atoms with Gasteiger partial charge < -0.3 is 10.3 Å². The normalized spacial score (nSPS) is 11.7. The molecule has 0 aliphatic heterocycles. The molecule has 1 aromatic heterocycles. The fraction of sp³-hybridized carbons (Fsp3) is 0.308. The number of nitrogens with two attached hydrogens (primary N) is 1. The first-order valence-electron chi connectivity index (χ1n) is 6.28. The van der Waals surface area contributed by atoms with Crippen molar-refractivity contribution in [2.75, 3.05) is 12.3 Å². The van der Waals surface area contributed by atoms with Crippen molar-refractivity contribution in [3.63, 3.8) is 0 Å². The molecular formula is C13H17N3O3S. The van der Waals surface area contributed by atoms with Crippen LogP contribution in [0.1, 0.15) is 12.0 Å². The summed E-state index contributed by atoms with van der Waals surface area (Å²) in [5.74, 6) is -0.426. The maximum Gasteiger partial charge on any atom is 0.220 e. The lowest BCUT2D eigenvalue weighted by Gasteiger charge is -2.04. The molecule has 4 N–H and O–H groups in total. The Balaban J connectivity index is 1.84. The summed E-state index contributed by atoms with van der Waals surface area (Å²) in [6.07, 6.45) is 2.81. The summed E-state index contributed by atoms with van der Waals surface area (Å²) in [5.41, 5.74) is 2.11. The van der Waals surface area contributed by atoms with Gasteiger partial charge in [-0.3, -0.25) is 4.79 Å². The second kappa shape index (κ2) is 6.06. The third kappa shape index (κ3) is 4.07. The van der Waals surface area contributed by atoms with Crippen LogP contribution < -0.4 is 10.5 Å². The van der Waals surface area contributed by atoms with Gasteiger partial charge in [-0.2, -0.15) is 0 Å². The number of carbonyl (C=O) groups is 1. The van der Waals surface area contributed by atoms with Crippen molar-refractivity contribution in [1.29, 1.82) is 0 Å². The van der Waals surface area contributed by atoms with Crippen LogP contribution in [-0.2, 0) is 21.2 Å². The zero-order valence-electron chi connectivity index (χ0n) is 10.9. The number of nitrogens with one attached hydrogen (secondary N) is 2. The summed E-state index contributed by atoms with van der Waals surface area (Å²) in [6.45, 7) is 0.0472. The number of benzene rings is 1. The van der Waals surface area contributed by atoms with Crippen LogP contribution in [-0.4, -0.2) is 31.6 Å². The molecule has 0 atom stereocenters. The number of para-hydroxylation sites is 1. The van der Waals surface area contributed by atoms with E-state index in [1.165, 1.54) is 0 Å². The first-order valence-corrected chi connectivity index (χ1v) is 7.99. The smallest absolute Gasteiger partial charge is 0.220 e. The number of carbonyl (C=O) groups excluding carboxylic acids is 1. The van der Waals surface area contributed by atoms with E-state index in [1.54, 1.807) is 0 Å². The lowest BCUT2D eigenvalue weighted by Crippen LogP contribution is -2.31. The van der Waals surface area contributed by atoms with E-state index in [2.05, 4.69) is 10.3 Å². The topological polar surface area (TPSA) is 105 Å². The lowest BCUT2D eigenvalue weighted by molar-refractivity contribution is -0.120. The first kappa shape index (κ1) is 14.5. The van der Waals surface area contributed by atoms with E-state index >= 15 is 0 Å². The minimum atomic E-state index is -3.53. The van der Waals surface area contributed by atoms with Crippen LogP contribution in [0.4, 0.5) is 0 Å². The Morgan fingerprint density at radius 2 is 2.05 bits per heavy atom. The van der Waals surface area contributed by atoms with E-state index in [4.69, 9.17) is 5.14 Å². The third-order valence-electron chi connectivity index (χ3n) is 3.01. The molecule has 0 fully saturated rings. The molecule has 1 heterocycles. The number of aromatic amines is 1. The van der Waals surface area contributed by atoms with Gasteiger partial charge in [-0.25, -0.2) is 13.6 Å². The minimum Gasteiger partial charge on any atom is -0.361 e. The molecule has 0 aliphatic rings. The van der Waals surface area contributed by atoms with E-state index in [0.717, 1.165) is 16.5 Å². The van der Waals surface area contributed by atoms with Crippen molar-refractivity contribution in [3.8, 4) is 0 Å². The Bertz CT molecular complexity index is 706. The molecular weight excluding hydrogens is 278 g/mol. The molecule has 0 saturated carbocycles. The summed E-state index contributed by atoms with van der Waals surface area (Å²) < 4.78 is 21.5. The Labute approximate surface area is 117 Å². The highest BCUT2D eigenvalue weighted by molar-refractivity contribution is 7.89. The maximum absolute atomic E-state index is 11.6. The van der Waals surface area contributed by atoms with Crippen molar-refractivity contribution in [3.05, 3.63) is 36.0 Å². The van der Waals surface area contributed by atoms with Gasteiger partial charge in [-0.05, 0) is 18.1 Å². The zero-order valence-corrected chi connectivity index (χ0v) is 11.7. The van der Waals surface area contributed by atoms with Gasteiger partial charge >= 0.3 is 0 Å². The molecule has 0 saturated heterocycles. The van der Waals surface area contributed by atoms with E-state index in [0.29, 0.717) is 12.8 Å². The predicted octanol–water partition coefficient (Wildman–Crippen LogP) is 0.505. The number of fused-ring (bicyclic) bond motifs is 1. The van der Waals surface area contributed by atoms with Crippen LogP contribution >= 0.6 is 0 Å². The van der Waals surface area contributed by atoms with Crippen LogP contribution in [0.2, 0.25) is 0 Å². The number of amides is 1. The van der Waals surface area contributed by atoms with Gasteiger partial charge in [0.15, 0.2) is 0 Å². The molecule has 2 aromatic rings. The number of sulfonamides is 1. The minimum absolute atomic E-state index is 0.0472. The summed E-state index contributed by atoms with van der Waals surface area (Å²) in [7, 11) is -3.53. The number of aromatic nitrogens is 1. The van der Waals surface area contributed by atoms with Gasteiger partial charge in [-0.15, -0.1) is 0 Å². The van der Waals surface area contributed by atoms with Crippen LogP contribution in [0.25, 0.3) is 10.9 Å². The maximum atomic E-state index is 11.6. The van der Waals surface area contributed by atoms with Crippen LogP contribution in [0.15, 0.2) is 30.5 Å². The summed E-state index contributed by atoms with van der Waals surface area (Å²) in [5, 5.41) is 8.49. The SMILES string of the molecule is NS(=O)(=O)CCNC(=O)CCc1c[nH]c2ccccc12. The standard InChI is InChI=1S/C13H17N3O3S/c14-20(18,19)8-7-15-13(17)6-5-10-9-16-12-4-2-1-3-11(10)12/h1-4,9,16H,5-8H2,(H,15,17)(H2,14,18,19). The van der Waals surface area contributed by atoms with Gasteiger partial charge in [-0.1, -0.05) is 18.2 Å². The first-order chi connectivity index (χ1) is 9.46. The molecule has 108 valence electrons. The molecule has 0 unspecified atom stereocenters. The monoisotopic (exact) mass is 295 g/mol. The highest BCUT2D eigenvalue weighted by Crippen LogP contribution is 2.18. The number of hydrogen-bond acceptors (Lipinski definition) is 3. The van der Waals surface area contributed by atoms with Crippen LogP contribution in [0.3, 0.4) is 0 Å². The zero-order chi connectivity index (χ0) is 14.6. The second-order valence-corrected chi connectivity index (χ2v) is 6.31. The van der Waals surface area contributed by atoms with Crippen molar-refractivity contribution in [1.82, 2.24) is 10.3 Å². The average Bonchev–Trinajstić information content (AvgIpc) is 2.78. The van der Waals surface area contributed by atoms with E-state index in [-0.39, 0.29) is 18.2 Å². The van der Waals surface area contributed by atoms with Crippen LogP contribution in [0, 0.1) is 0 Å². The van der Waals surface area contributed by atoms with E-state index < -0.39 is 10.0 Å². The molecule has 2 rings (SSSR count). The molecule has 0 bridgehead atoms. The number of rotatable bonds is 6. The van der Waals surface area contributed by atoms with Gasteiger partial charge in [0.25, 0.3) is 0 Å². The molecule has 1 amide bonds. The van der Waals surface area contributed by atoms with E-state index in [9.17, 15) is 13.2 Å². The Hall–Kier alpha value is -1.86. The summed E-state index contributed by atoms with van der Waals surface area (Å²) >= 11 is 0. The van der Waals surface area contributed by atoms with Crippen molar-refractivity contribution < 1.29 is 13.2 Å². The van der Waals surface area contributed by atoms with E-state index in [1.807, 2.05) is 30.5 Å². The second-order valence-electron chi connectivity index (χ2n) is 4.58. The van der Waals surface area contributed by atoms with Crippen molar-refractivity contribution >= 4 is 26.8 Å². The van der Waals surface area contributed by atoms with Crippen molar-refractivity contribution in [2.45, 2.75) is 12.8 Å². The van der Waals surface area contributed by atoms with Crippen LogP contribution in [0.5, 0.6) is 0 Å². The van der Waals surface area contributed by atoms with Gasteiger partial charge in [0.1, 0.15) is 0 Å². The Morgan fingerprint density at radius 3 is 2.80 bits per heavy atom. The molecule has 6 nitrogen and oxygen atoms in total. The molecule has 20 heavy (non-hydrogen) atoms. The Morgan fingerprint density at radius 1 is 1.30 bits per heavy atom. The number of primary sulfonamides is 1. The quantitative estimate of drug-likeness (QED) is 0.723. The molecule has 0 spiro atoms. The highest BCUT2D eigenvalue weighted by Gasteiger charge is 2.08. The predicted molar refractivity (Wildman–Crippen MR) is 77.6 cm³/mol. The lowest BCUT2D eigenvalue weighted by atomic mass is 10.1. The Kier molecular flexibility index (Phi) is 4.41. The third-order valence-corrected chi connectivity index (χ3v) is 3.78. The number of H-pyrrole nitrogens is 1. The summed E-state index contributed by atoms with van der Waals surface area (Å²) in [4.78, 5) is 14.8. The molecule has 0 aliphatic carbocycles. The summed E-state index contributed by atoms with van der Waals surface area (Å²) in [6, 6.07) is 7.87. The largest absolute Gasteiger partial charge is 0.361 e. The fourth-order valence-electron chi connectivity index (χ4n) is 2.01. The highest BCUT2D eigenvalue weighted by atomic mass is 32.2. The van der Waals surface area contributed by atoms with Gasteiger partial charge in [0, 0.05) is 30.1 Å². The number of aryl methyl sites for hydroxylation is 1. The molecule has 0 radical (unpaired) electrons. The molecule has 1 aromatic carbocycles. The van der Waals surface area contributed by atoms with Gasteiger partial charge in [0.2, 0.25) is 15.9 Å². The van der Waals surface area contributed by atoms with Crippen molar-refractivity contribution in [2.24, 2.45) is 5.14 Å².